The summed E-state index contributed by atoms with van der Waals surface area (Å²) in [5.41, 5.74) is 2.40. The summed E-state index contributed by atoms with van der Waals surface area (Å²) in [6.45, 7) is 6.40. The summed E-state index contributed by atoms with van der Waals surface area (Å²) in [5, 5.41) is 4.08. The van der Waals surface area contributed by atoms with Crippen LogP contribution in [-0.4, -0.2) is 22.6 Å². The standard InChI is InChI=1S/C15H24N2O/c1-11-14(12(2)18-16-11)10-17-9-5-7-13-6-3-4-8-15(13)17/h13,15H,3-10H2,1-2H3. The highest BCUT2D eigenvalue weighted by Crippen LogP contribution is 2.36. The van der Waals surface area contributed by atoms with Crippen LogP contribution in [-0.2, 0) is 6.54 Å². The molecule has 1 aliphatic heterocycles. The first kappa shape index (κ1) is 12.2. The van der Waals surface area contributed by atoms with Crippen molar-refractivity contribution in [1.29, 1.82) is 0 Å². The predicted molar refractivity (Wildman–Crippen MR) is 71.4 cm³/mol. The van der Waals surface area contributed by atoms with Crippen LogP contribution < -0.4 is 0 Å². The van der Waals surface area contributed by atoms with Gasteiger partial charge in [-0.1, -0.05) is 18.0 Å². The minimum Gasteiger partial charge on any atom is -0.361 e. The Morgan fingerprint density at radius 1 is 1.17 bits per heavy atom. The Kier molecular flexibility index (Phi) is 3.42. The Morgan fingerprint density at radius 2 is 1.94 bits per heavy atom. The van der Waals surface area contributed by atoms with Crippen LogP contribution in [0.4, 0.5) is 0 Å². The lowest BCUT2D eigenvalue weighted by molar-refractivity contribution is 0.0542. The maximum atomic E-state index is 5.30. The van der Waals surface area contributed by atoms with Gasteiger partial charge < -0.3 is 4.52 Å². The Morgan fingerprint density at radius 3 is 2.72 bits per heavy atom. The highest BCUT2D eigenvalue weighted by Gasteiger charge is 2.33. The molecule has 0 radical (unpaired) electrons. The molecule has 2 fully saturated rings. The van der Waals surface area contributed by atoms with Crippen LogP contribution >= 0.6 is 0 Å². The van der Waals surface area contributed by atoms with Crippen molar-refractivity contribution in [2.45, 2.75) is 65.0 Å². The quantitative estimate of drug-likeness (QED) is 0.803. The summed E-state index contributed by atoms with van der Waals surface area (Å²) >= 11 is 0. The monoisotopic (exact) mass is 248 g/mol. The molecule has 0 spiro atoms. The number of fused-ring (bicyclic) bond motifs is 1. The second kappa shape index (κ2) is 5.04. The molecule has 2 heterocycles. The van der Waals surface area contributed by atoms with Gasteiger partial charge in [-0.3, -0.25) is 4.90 Å². The second-order valence-electron chi connectivity index (χ2n) is 6.03. The Hall–Kier alpha value is -0.830. The Bertz CT molecular complexity index is 391. The topological polar surface area (TPSA) is 29.3 Å². The molecule has 0 amide bonds. The molecule has 0 N–H and O–H groups in total. The second-order valence-corrected chi connectivity index (χ2v) is 6.03. The molecule has 3 heteroatoms. The van der Waals surface area contributed by atoms with Crippen molar-refractivity contribution in [2.75, 3.05) is 6.54 Å². The molecule has 1 aromatic rings. The van der Waals surface area contributed by atoms with Gasteiger partial charge in [0.2, 0.25) is 0 Å². The molecule has 100 valence electrons. The maximum Gasteiger partial charge on any atom is 0.138 e. The van der Waals surface area contributed by atoms with E-state index >= 15 is 0 Å². The van der Waals surface area contributed by atoms with E-state index in [-0.39, 0.29) is 0 Å². The van der Waals surface area contributed by atoms with Gasteiger partial charge in [0.1, 0.15) is 5.76 Å². The Balaban J connectivity index is 1.75. The SMILES string of the molecule is Cc1noc(C)c1CN1CCCC2CCCCC21. The van der Waals surface area contributed by atoms with Crippen LogP contribution in [0.5, 0.6) is 0 Å². The average Bonchev–Trinajstić information content (AvgIpc) is 2.71. The predicted octanol–water partition coefficient (Wildman–Crippen LogP) is 3.45. The zero-order valence-corrected chi connectivity index (χ0v) is 11.6. The van der Waals surface area contributed by atoms with Crippen molar-refractivity contribution < 1.29 is 4.52 Å². The van der Waals surface area contributed by atoms with Gasteiger partial charge in [-0.15, -0.1) is 0 Å². The van der Waals surface area contributed by atoms with Crippen LogP contribution in [0.2, 0.25) is 0 Å². The third-order valence-corrected chi connectivity index (χ3v) is 4.90. The zero-order valence-electron chi connectivity index (χ0n) is 11.6. The van der Waals surface area contributed by atoms with E-state index in [1.54, 1.807) is 0 Å². The van der Waals surface area contributed by atoms with Crippen LogP contribution in [0.15, 0.2) is 4.52 Å². The summed E-state index contributed by atoms with van der Waals surface area (Å²) in [5.74, 6) is 1.96. The molecule has 1 saturated heterocycles. The number of hydrogen-bond acceptors (Lipinski definition) is 3. The number of aryl methyl sites for hydroxylation is 2. The van der Waals surface area contributed by atoms with E-state index in [4.69, 9.17) is 4.52 Å². The minimum absolute atomic E-state index is 0.821. The van der Waals surface area contributed by atoms with E-state index in [0.717, 1.165) is 30.0 Å². The molecular weight excluding hydrogens is 224 g/mol. The average molecular weight is 248 g/mol. The lowest BCUT2D eigenvalue weighted by atomic mass is 9.78. The summed E-state index contributed by atoms with van der Waals surface area (Å²) in [6.07, 6.45) is 8.52. The number of aromatic nitrogens is 1. The van der Waals surface area contributed by atoms with Gasteiger partial charge in [-0.05, 0) is 52.0 Å². The fraction of sp³-hybridized carbons (Fsp3) is 0.800. The van der Waals surface area contributed by atoms with Crippen molar-refractivity contribution in [3.63, 3.8) is 0 Å². The smallest absolute Gasteiger partial charge is 0.138 e. The summed E-state index contributed by atoms with van der Waals surface area (Å²) in [4.78, 5) is 2.69. The van der Waals surface area contributed by atoms with E-state index in [1.807, 2.05) is 6.92 Å². The number of rotatable bonds is 2. The highest BCUT2D eigenvalue weighted by atomic mass is 16.5. The van der Waals surface area contributed by atoms with Crippen LogP contribution in [0.1, 0.15) is 55.5 Å². The summed E-state index contributed by atoms with van der Waals surface area (Å²) in [7, 11) is 0. The van der Waals surface area contributed by atoms with Gasteiger partial charge in [-0.2, -0.15) is 0 Å². The Labute approximate surface area is 110 Å². The van der Waals surface area contributed by atoms with Crippen molar-refractivity contribution in [3.05, 3.63) is 17.0 Å². The number of hydrogen-bond donors (Lipinski definition) is 0. The van der Waals surface area contributed by atoms with Crippen LogP contribution in [0.25, 0.3) is 0 Å². The van der Waals surface area contributed by atoms with Crippen LogP contribution in [0, 0.1) is 19.8 Å². The molecule has 2 unspecified atom stereocenters. The maximum absolute atomic E-state index is 5.30. The fourth-order valence-corrected chi connectivity index (χ4v) is 3.85. The van der Waals surface area contributed by atoms with Gasteiger partial charge in [0.05, 0.1) is 5.69 Å². The fourth-order valence-electron chi connectivity index (χ4n) is 3.85. The van der Waals surface area contributed by atoms with Gasteiger partial charge in [0.15, 0.2) is 0 Å². The third kappa shape index (κ3) is 2.20. The first-order valence-electron chi connectivity index (χ1n) is 7.41. The van der Waals surface area contributed by atoms with E-state index in [0.29, 0.717) is 0 Å². The van der Waals surface area contributed by atoms with Crippen molar-refractivity contribution in [3.8, 4) is 0 Å². The molecule has 2 atom stereocenters. The molecule has 2 aliphatic rings. The van der Waals surface area contributed by atoms with E-state index in [9.17, 15) is 0 Å². The number of likely N-dealkylation sites (tertiary alicyclic amines) is 1. The van der Waals surface area contributed by atoms with E-state index in [2.05, 4.69) is 17.0 Å². The van der Waals surface area contributed by atoms with E-state index in [1.165, 1.54) is 50.6 Å². The summed E-state index contributed by atoms with van der Waals surface area (Å²) in [6, 6.07) is 0.821. The van der Waals surface area contributed by atoms with Crippen molar-refractivity contribution in [2.24, 2.45) is 5.92 Å². The molecule has 0 bridgehead atoms. The first-order valence-corrected chi connectivity index (χ1v) is 7.41. The molecule has 0 aromatic carbocycles. The normalized spacial score (nSPS) is 29.2. The largest absolute Gasteiger partial charge is 0.361 e. The van der Waals surface area contributed by atoms with Gasteiger partial charge in [0.25, 0.3) is 0 Å². The van der Waals surface area contributed by atoms with Gasteiger partial charge in [0, 0.05) is 18.2 Å². The molecule has 1 aliphatic carbocycles. The van der Waals surface area contributed by atoms with Crippen molar-refractivity contribution >= 4 is 0 Å². The number of piperidine rings is 1. The molecule has 1 saturated carbocycles. The molecule has 1 aromatic heterocycles. The molecule has 3 nitrogen and oxygen atoms in total. The van der Waals surface area contributed by atoms with Crippen molar-refractivity contribution in [1.82, 2.24) is 10.1 Å². The molecular formula is C15H24N2O. The molecule has 3 rings (SSSR count). The number of nitrogens with zero attached hydrogens (tertiary/aromatic N) is 2. The van der Waals surface area contributed by atoms with Gasteiger partial charge in [-0.25, -0.2) is 0 Å². The van der Waals surface area contributed by atoms with Crippen LogP contribution in [0.3, 0.4) is 0 Å². The first-order chi connectivity index (χ1) is 8.75. The van der Waals surface area contributed by atoms with E-state index < -0.39 is 0 Å². The highest BCUT2D eigenvalue weighted by molar-refractivity contribution is 5.20. The zero-order chi connectivity index (χ0) is 12.5. The lowest BCUT2D eigenvalue weighted by Gasteiger charge is -2.44. The molecule has 18 heavy (non-hydrogen) atoms. The third-order valence-electron chi connectivity index (χ3n) is 4.90. The van der Waals surface area contributed by atoms with Gasteiger partial charge >= 0.3 is 0 Å². The minimum atomic E-state index is 0.821. The summed E-state index contributed by atoms with van der Waals surface area (Å²) < 4.78 is 5.30. The lowest BCUT2D eigenvalue weighted by Crippen LogP contribution is -2.46.